The number of nitrogens with one attached hydrogen (secondary N) is 1. The molecule has 1 aromatic carbocycles. The van der Waals surface area contributed by atoms with Crippen LogP contribution in [0.4, 0.5) is 20.4 Å². The normalized spacial score (nSPS) is 11.3. The number of nitrogen functional groups attached to an aromatic ring is 1. The number of nitrogens with two attached hydrogens (primary N) is 1. The first-order chi connectivity index (χ1) is 8.90. The molecule has 0 atom stereocenters. The van der Waals surface area contributed by atoms with E-state index in [-0.39, 0.29) is 10.8 Å². The highest BCUT2D eigenvalue weighted by molar-refractivity contribution is 7.92. The molecular formula is C10H8F2N4O2S. The molecule has 0 aliphatic rings. The summed E-state index contributed by atoms with van der Waals surface area (Å²) < 4.78 is 51.9. The lowest BCUT2D eigenvalue weighted by Gasteiger charge is -2.08. The van der Waals surface area contributed by atoms with Crippen LogP contribution in [0.5, 0.6) is 0 Å². The van der Waals surface area contributed by atoms with Gasteiger partial charge in [-0.25, -0.2) is 27.2 Å². The van der Waals surface area contributed by atoms with E-state index >= 15 is 0 Å². The highest BCUT2D eigenvalue weighted by atomic mass is 32.2. The molecule has 100 valence electrons. The highest BCUT2D eigenvalue weighted by Crippen LogP contribution is 2.20. The third-order valence-corrected chi connectivity index (χ3v) is 3.47. The molecular weight excluding hydrogens is 278 g/mol. The van der Waals surface area contributed by atoms with Crippen molar-refractivity contribution in [1.29, 1.82) is 0 Å². The Hall–Kier alpha value is -2.29. The van der Waals surface area contributed by atoms with Crippen molar-refractivity contribution in [3.8, 4) is 0 Å². The Morgan fingerprint density at radius 3 is 2.42 bits per heavy atom. The molecule has 0 saturated heterocycles. The van der Waals surface area contributed by atoms with Crippen LogP contribution >= 0.6 is 0 Å². The van der Waals surface area contributed by atoms with Gasteiger partial charge in [0.25, 0.3) is 10.0 Å². The lowest BCUT2D eigenvalue weighted by atomic mass is 10.3. The number of anilines is 2. The first kappa shape index (κ1) is 13.1. The van der Waals surface area contributed by atoms with Crippen LogP contribution in [0.1, 0.15) is 0 Å². The van der Waals surface area contributed by atoms with Gasteiger partial charge in [0.15, 0.2) is 11.6 Å². The second kappa shape index (κ2) is 4.76. The summed E-state index contributed by atoms with van der Waals surface area (Å²) in [6.45, 7) is 0. The fourth-order valence-electron chi connectivity index (χ4n) is 1.25. The molecule has 2 aromatic rings. The van der Waals surface area contributed by atoms with Crippen LogP contribution in [0.2, 0.25) is 0 Å². The number of halogens is 2. The molecule has 1 aromatic heterocycles. The van der Waals surface area contributed by atoms with Crippen molar-refractivity contribution < 1.29 is 17.2 Å². The van der Waals surface area contributed by atoms with Crippen LogP contribution in [-0.4, -0.2) is 18.4 Å². The summed E-state index contributed by atoms with van der Waals surface area (Å²) in [6.07, 6.45) is 1.92. The van der Waals surface area contributed by atoms with E-state index in [0.29, 0.717) is 0 Å². The molecule has 0 amide bonds. The minimum Gasteiger partial charge on any atom is -0.368 e. The summed E-state index contributed by atoms with van der Waals surface area (Å²) in [6, 6.07) is 3.14. The van der Waals surface area contributed by atoms with Gasteiger partial charge in [0.2, 0.25) is 5.95 Å². The van der Waals surface area contributed by atoms with E-state index in [9.17, 15) is 17.2 Å². The minimum absolute atomic E-state index is 0.101. The maximum absolute atomic E-state index is 13.4. The maximum Gasteiger partial charge on any atom is 0.265 e. The van der Waals surface area contributed by atoms with E-state index in [0.717, 1.165) is 24.5 Å². The second-order valence-electron chi connectivity index (χ2n) is 3.48. The Balaban J connectivity index is 2.36. The van der Waals surface area contributed by atoms with E-state index < -0.39 is 27.3 Å². The van der Waals surface area contributed by atoms with Crippen LogP contribution in [0.25, 0.3) is 0 Å². The summed E-state index contributed by atoms with van der Waals surface area (Å²) >= 11 is 0. The van der Waals surface area contributed by atoms with Crippen molar-refractivity contribution in [3.63, 3.8) is 0 Å². The monoisotopic (exact) mass is 286 g/mol. The SMILES string of the molecule is Nc1ncc(S(=O)(=O)Nc2cccc(F)c2F)cn1. The minimum atomic E-state index is -4.11. The van der Waals surface area contributed by atoms with Gasteiger partial charge in [0.1, 0.15) is 4.90 Å². The molecule has 3 N–H and O–H groups in total. The molecule has 6 nitrogen and oxygen atoms in total. The quantitative estimate of drug-likeness (QED) is 0.881. The largest absolute Gasteiger partial charge is 0.368 e. The van der Waals surface area contributed by atoms with Crippen molar-refractivity contribution in [1.82, 2.24) is 9.97 Å². The zero-order chi connectivity index (χ0) is 14.0. The van der Waals surface area contributed by atoms with Gasteiger partial charge in [-0.2, -0.15) is 0 Å². The van der Waals surface area contributed by atoms with E-state index in [1.165, 1.54) is 6.07 Å². The fourth-order valence-corrected chi connectivity index (χ4v) is 2.20. The second-order valence-corrected chi connectivity index (χ2v) is 5.17. The van der Waals surface area contributed by atoms with Crippen LogP contribution in [-0.2, 0) is 10.0 Å². The smallest absolute Gasteiger partial charge is 0.265 e. The van der Waals surface area contributed by atoms with Crippen molar-refractivity contribution in [2.75, 3.05) is 10.5 Å². The first-order valence-corrected chi connectivity index (χ1v) is 6.43. The number of hydrogen-bond donors (Lipinski definition) is 2. The van der Waals surface area contributed by atoms with Gasteiger partial charge in [-0.1, -0.05) is 6.07 Å². The number of nitrogens with zero attached hydrogens (tertiary/aromatic N) is 2. The lowest BCUT2D eigenvalue weighted by Crippen LogP contribution is -2.15. The predicted molar refractivity (Wildman–Crippen MR) is 63.6 cm³/mol. The van der Waals surface area contributed by atoms with Gasteiger partial charge < -0.3 is 5.73 Å². The average Bonchev–Trinajstić information content (AvgIpc) is 2.35. The summed E-state index contributed by atoms with van der Waals surface area (Å²) in [5.74, 6) is -2.55. The van der Waals surface area contributed by atoms with Gasteiger partial charge in [0, 0.05) is 0 Å². The zero-order valence-corrected chi connectivity index (χ0v) is 10.2. The molecule has 0 bridgehead atoms. The highest BCUT2D eigenvalue weighted by Gasteiger charge is 2.18. The van der Waals surface area contributed by atoms with E-state index in [4.69, 9.17) is 5.73 Å². The maximum atomic E-state index is 13.4. The Kier molecular flexibility index (Phi) is 3.30. The summed E-state index contributed by atoms with van der Waals surface area (Å²) in [4.78, 5) is 6.70. The molecule has 2 rings (SSSR count). The van der Waals surface area contributed by atoms with Crippen LogP contribution in [0.15, 0.2) is 35.5 Å². The number of hydrogen-bond acceptors (Lipinski definition) is 5. The third kappa shape index (κ3) is 2.76. The van der Waals surface area contributed by atoms with E-state index in [1.54, 1.807) is 0 Å². The van der Waals surface area contributed by atoms with Crippen molar-refractivity contribution in [2.45, 2.75) is 4.90 Å². The molecule has 9 heteroatoms. The number of aromatic nitrogens is 2. The first-order valence-electron chi connectivity index (χ1n) is 4.94. The number of benzene rings is 1. The van der Waals surface area contributed by atoms with Gasteiger partial charge in [-0.15, -0.1) is 0 Å². The third-order valence-electron chi connectivity index (χ3n) is 2.15. The van der Waals surface area contributed by atoms with Gasteiger partial charge in [0.05, 0.1) is 18.1 Å². The van der Waals surface area contributed by atoms with E-state index in [2.05, 4.69) is 9.97 Å². The summed E-state index contributed by atoms with van der Waals surface area (Å²) in [7, 11) is -4.11. The number of sulfonamides is 1. The molecule has 0 radical (unpaired) electrons. The Labute approximate surface area is 107 Å². The predicted octanol–water partition coefficient (Wildman–Crippen LogP) is 1.14. The molecule has 19 heavy (non-hydrogen) atoms. The molecule has 0 aliphatic heterocycles. The zero-order valence-electron chi connectivity index (χ0n) is 9.34. The van der Waals surface area contributed by atoms with Crippen LogP contribution < -0.4 is 10.5 Å². The van der Waals surface area contributed by atoms with Crippen molar-refractivity contribution in [2.24, 2.45) is 0 Å². The van der Waals surface area contributed by atoms with Crippen LogP contribution in [0.3, 0.4) is 0 Å². The Bertz CT molecular complexity index is 704. The standard InChI is InChI=1S/C10H8F2N4O2S/c11-7-2-1-3-8(9(7)12)16-19(17,18)6-4-14-10(13)15-5-6/h1-5,16H,(H2,13,14,15). The van der Waals surface area contributed by atoms with Crippen LogP contribution in [0, 0.1) is 11.6 Å². The molecule has 1 heterocycles. The van der Waals surface area contributed by atoms with Crippen molar-refractivity contribution in [3.05, 3.63) is 42.2 Å². The average molecular weight is 286 g/mol. The van der Waals surface area contributed by atoms with E-state index in [1.807, 2.05) is 4.72 Å². The van der Waals surface area contributed by atoms with Gasteiger partial charge in [-0.05, 0) is 12.1 Å². The molecule has 0 saturated carbocycles. The topological polar surface area (TPSA) is 98.0 Å². The Morgan fingerprint density at radius 1 is 1.16 bits per heavy atom. The Morgan fingerprint density at radius 2 is 1.79 bits per heavy atom. The van der Waals surface area contributed by atoms with Gasteiger partial charge >= 0.3 is 0 Å². The molecule has 0 aliphatic carbocycles. The summed E-state index contributed by atoms with van der Waals surface area (Å²) in [5.41, 5.74) is 4.72. The summed E-state index contributed by atoms with van der Waals surface area (Å²) in [5, 5.41) is 0. The molecule has 0 fully saturated rings. The number of rotatable bonds is 3. The molecule has 0 unspecified atom stereocenters. The fraction of sp³-hybridized carbons (Fsp3) is 0. The van der Waals surface area contributed by atoms with Crippen molar-refractivity contribution >= 4 is 21.7 Å². The van der Waals surface area contributed by atoms with Gasteiger partial charge in [-0.3, -0.25) is 4.72 Å². The molecule has 0 spiro atoms. The lowest BCUT2D eigenvalue weighted by molar-refractivity contribution is 0.511.